The van der Waals surface area contributed by atoms with Gasteiger partial charge in [0.2, 0.25) is 15.9 Å². The second-order valence-electron chi connectivity index (χ2n) is 8.92. The third-order valence-electron chi connectivity index (χ3n) is 6.49. The molecule has 2 aromatic carbocycles. The van der Waals surface area contributed by atoms with E-state index in [2.05, 4.69) is 33.9 Å². The Morgan fingerprint density at radius 1 is 1.00 bits per heavy atom. The summed E-state index contributed by atoms with van der Waals surface area (Å²) in [6.45, 7) is 2.07. The van der Waals surface area contributed by atoms with Crippen LogP contribution in [-0.2, 0) is 21.2 Å². The van der Waals surface area contributed by atoms with E-state index in [1.807, 2.05) is 6.07 Å². The molecule has 0 radical (unpaired) electrons. The van der Waals surface area contributed by atoms with Crippen LogP contribution in [0.1, 0.15) is 50.5 Å². The number of ether oxygens (including phenoxy) is 2. The molecule has 4 rings (SSSR count). The molecule has 0 aromatic heterocycles. The first kappa shape index (κ1) is 24.5. The average Bonchev–Trinajstić information content (AvgIpc) is 3.34. The Hall–Kier alpha value is -2.58. The van der Waals surface area contributed by atoms with Gasteiger partial charge in [-0.05, 0) is 56.2 Å². The molecule has 1 saturated heterocycles. The molecule has 1 amide bonds. The zero-order chi connectivity index (χ0) is 23.8. The molecule has 184 valence electrons. The predicted molar refractivity (Wildman–Crippen MR) is 131 cm³/mol. The van der Waals surface area contributed by atoms with E-state index >= 15 is 0 Å². The SMILES string of the molecule is O=C(CCCCCNS(=O)(=O)c1ccc2c(c1)OCCO2)N1CCCC1CCc1ccccc1. The topological polar surface area (TPSA) is 84.9 Å². The van der Waals surface area contributed by atoms with Crippen LogP contribution in [0, 0.1) is 0 Å². The zero-order valence-corrected chi connectivity index (χ0v) is 20.4. The molecule has 2 aliphatic rings. The highest BCUT2D eigenvalue weighted by Crippen LogP contribution is 2.32. The van der Waals surface area contributed by atoms with Crippen molar-refractivity contribution in [3.8, 4) is 11.5 Å². The van der Waals surface area contributed by atoms with Crippen LogP contribution < -0.4 is 14.2 Å². The van der Waals surface area contributed by atoms with Crippen molar-refractivity contribution in [3.63, 3.8) is 0 Å². The first-order valence-corrected chi connectivity index (χ1v) is 13.7. The normalized spacial score (nSPS) is 17.6. The first-order valence-electron chi connectivity index (χ1n) is 12.3. The van der Waals surface area contributed by atoms with E-state index in [-0.39, 0.29) is 10.8 Å². The van der Waals surface area contributed by atoms with Crippen molar-refractivity contribution in [2.45, 2.75) is 62.3 Å². The van der Waals surface area contributed by atoms with Crippen LogP contribution in [0.5, 0.6) is 11.5 Å². The number of nitrogens with one attached hydrogen (secondary N) is 1. The van der Waals surface area contributed by atoms with Crippen molar-refractivity contribution in [2.75, 3.05) is 26.3 Å². The minimum absolute atomic E-state index is 0.169. The van der Waals surface area contributed by atoms with Gasteiger partial charge in [0.25, 0.3) is 0 Å². The second kappa shape index (κ2) is 11.7. The summed E-state index contributed by atoms with van der Waals surface area (Å²) in [7, 11) is -3.61. The van der Waals surface area contributed by atoms with Crippen LogP contribution in [0.4, 0.5) is 0 Å². The molecule has 8 heteroatoms. The summed E-state index contributed by atoms with van der Waals surface area (Å²) in [5.41, 5.74) is 1.32. The van der Waals surface area contributed by atoms with Gasteiger partial charge in [0, 0.05) is 31.6 Å². The summed E-state index contributed by atoms with van der Waals surface area (Å²) in [5, 5.41) is 0. The van der Waals surface area contributed by atoms with Crippen LogP contribution in [0.3, 0.4) is 0 Å². The highest BCUT2D eigenvalue weighted by molar-refractivity contribution is 7.89. The summed E-state index contributed by atoms with van der Waals surface area (Å²) in [5.74, 6) is 1.25. The number of fused-ring (bicyclic) bond motifs is 1. The van der Waals surface area contributed by atoms with Gasteiger partial charge in [0.05, 0.1) is 4.90 Å². The number of unbranched alkanes of at least 4 members (excludes halogenated alkanes) is 2. The molecule has 1 unspecified atom stereocenters. The molecule has 2 aromatic rings. The Morgan fingerprint density at radius 3 is 2.62 bits per heavy atom. The molecule has 34 heavy (non-hydrogen) atoms. The Morgan fingerprint density at radius 2 is 1.79 bits per heavy atom. The van der Waals surface area contributed by atoms with Gasteiger partial charge in [-0.15, -0.1) is 0 Å². The van der Waals surface area contributed by atoms with Gasteiger partial charge < -0.3 is 14.4 Å². The lowest BCUT2D eigenvalue weighted by molar-refractivity contribution is -0.132. The second-order valence-corrected chi connectivity index (χ2v) is 10.7. The number of rotatable bonds is 11. The molecule has 2 aliphatic heterocycles. The number of carbonyl (C=O) groups excluding carboxylic acids is 1. The number of aryl methyl sites for hydroxylation is 1. The lowest BCUT2D eigenvalue weighted by Gasteiger charge is -2.25. The minimum Gasteiger partial charge on any atom is -0.486 e. The average molecular weight is 487 g/mol. The number of amides is 1. The fraction of sp³-hybridized carbons (Fsp3) is 0.500. The zero-order valence-electron chi connectivity index (χ0n) is 19.6. The molecule has 0 aliphatic carbocycles. The quantitative estimate of drug-likeness (QED) is 0.487. The molecular weight excluding hydrogens is 452 g/mol. The minimum atomic E-state index is -3.61. The van der Waals surface area contributed by atoms with Crippen LogP contribution in [-0.4, -0.2) is 51.6 Å². The summed E-state index contributed by atoms with van der Waals surface area (Å²) in [4.78, 5) is 15.0. The largest absolute Gasteiger partial charge is 0.486 e. The van der Waals surface area contributed by atoms with E-state index in [9.17, 15) is 13.2 Å². The van der Waals surface area contributed by atoms with Crippen LogP contribution in [0.25, 0.3) is 0 Å². The Balaban J connectivity index is 1.15. The first-order chi connectivity index (χ1) is 16.5. The van der Waals surface area contributed by atoms with Gasteiger partial charge in [-0.2, -0.15) is 0 Å². The molecule has 2 heterocycles. The van der Waals surface area contributed by atoms with E-state index in [0.717, 1.165) is 45.1 Å². The number of nitrogens with zero attached hydrogens (tertiary/aromatic N) is 1. The number of sulfonamides is 1. The van der Waals surface area contributed by atoms with E-state index in [4.69, 9.17) is 9.47 Å². The maximum absolute atomic E-state index is 12.8. The molecule has 1 N–H and O–H groups in total. The molecule has 1 fully saturated rings. The van der Waals surface area contributed by atoms with Crippen molar-refractivity contribution < 1.29 is 22.7 Å². The van der Waals surface area contributed by atoms with Gasteiger partial charge in [0.15, 0.2) is 11.5 Å². The molecule has 1 atom stereocenters. The Kier molecular flexibility index (Phi) is 8.45. The summed E-state index contributed by atoms with van der Waals surface area (Å²) in [6.07, 6.45) is 6.96. The standard InChI is InChI=1S/C26H34N2O5S/c29-26(28-17-7-10-22(28)13-12-21-8-3-1-4-9-21)11-5-2-6-16-27-34(30,31)23-14-15-24-25(20-23)33-19-18-32-24/h1,3-4,8-9,14-15,20,22,27H,2,5-7,10-13,16-19H2. The highest BCUT2D eigenvalue weighted by atomic mass is 32.2. The van der Waals surface area contributed by atoms with Gasteiger partial charge in [-0.1, -0.05) is 36.8 Å². The van der Waals surface area contributed by atoms with Crippen molar-refractivity contribution in [1.29, 1.82) is 0 Å². The lowest BCUT2D eigenvalue weighted by Crippen LogP contribution is -2.35. The summed E-state index contributed by atoms with van der Waals surface area (Å²) < 4.78 is 38.7. The van der Waals surface area contributed by atoms with E-state index < -0.39 is 10.0 Å². The number of hydrogen-bond donors (Lipinski definition) is 1. The molecule has 0 bridgehead atoms. The van der Waals surface area contributed by atoms with Gasteiger partial charge in [0.1, 0.15) is 13.2 Å². The maximum Gasteiger partial charge on any atom is 0.240 e. The van der Waals surface area contributed by atoms with Gasteiger partial charge >= 0.3 is 0 Å². The molecule has 0 spiro atoms. The number of hydrogen-bond acceptors (Lipinski definition) is 5. The smallest absolute Gasteiger partial charge is 0.240 e. The highest BCUT2D eigenvalue weighted by Gasteiger charge is 2.27. The third-order valence-corrected chi connectivity index (χ3v) is 7.95. The van der Waals surface area contributed by atoms with E-state index in [1.54, 1.807) is 6.07 Å². The predicted octanol–water partition coefficient (Wildman–Crippen LogP) is 3.92. The summed E-state index contributed by atoms with van der Waals surface area (Å²) in [6, 6.07) is 15.4. The van der Waals surface area contributed by atoms with Crippen LogP contribution in [0.15, 0.2) is 53.4 Å². The fourth-order valence-corrected chi connectivity index (χ4v) is 5.73. The monoisotopic (exact) mass is 486 g/mol. The number of carbonyl (C=O) groups is 1. The van der Waals surface area contributed by atoms with Gasteiger partial charge in [-0.3, -0.25) is 4.79 Å². The van der Waals surface area contributed by atoms with Gasteiger partial charge in [-0.25, -0.2) is 13.1 Å². The third kappa shape index (κ3) is 6.51. The number of likely N-dealkylation sites (tertiary alicyclic amines) is 1. The lowest BCUT2D eigenvalue weighted by atomic mass is 10.0. The van der Waals surface area contributed by atoms with E-state index in [1.165, 1.54) is 17.7 Å². The Bertz CT molecular complexity index is 1060. The molecule has 0 saturated carbocycles. The fourth-order valence-electron chi connectivity index (χ4n) is 4.64. The van der Waals surface area contributed by atoms with Crippen molar-refractivity contribution in [1.82, 2.24) is 9.62 Å². The molecule has 7 nitrogen and oxygen atoms in total. The van der Waals surface area contributed by atoms with Crippen LogP contribution in [0.2, 0.25) is 0 Å². The number of benzene rings is 2. The van der Waals surface area contributed by atoms with Crippen molar-refractivity contribution in [3.05, 3.63) is 54.1 Å². The van der Waals surface area contributed by atoms with Crippen molar-refractivity contribution >= 4 is 15.9 Å². The summed E-state index contributed by atoms with van der Waals surface area (Å²) >= 11 is 0. The maximum atomic E-state index is 12.8. The van der Waals surface area contributed by atoms with Crippen molar-refractivity contribution in [2.24, 2.45) is 0 Å². The molecular formula is C26H34N2O5S. The van der Waals surface area contributed by atoms with E-state index in [0.29, 0.717) is 50.1 Å². The van der Waals surface area contributed by atoms with Crippen LogP contribution >= 0.6 is 0 Å². The Labute approximate surface area is 202 Å².